The van der Waals surface area contributed by atoms with Crippen molar-refractivity contribution in [2.45, 2.75) is 82.6 Å². The van der Waals surface area contributed by atoms with Crippen LogP contribution in [0.4, 0.5) is 13.6 Å². The minimum absolute atomic E-state index is 0.00607. The molecule has 3 aliphatic rings. The first-order valence-electron chi connectivity index (χ1n) is 17.6. The highest BCUT2D eigenvalue weighted by Crippen LogP contribution is 2.39. The van der Waals surface area contributed by atoms with Gasteiger partial charge < -0.3 is 25.2 Å². The van der Waals surface area contributed by atoms with Crippen molar-refractivity contribution in [2.75, 3.05) is 39.4 Å². The topological polar surface area (TPSA) is 142 Å². The number of nitrogens with one attached hydrogen (secondary N) is 3. The molecule has 50 heavy (non-hydrogen) atoms. The number of H-pyrrole nitrogens is 1. The molecule has 2 aromatic heterocycles. The molecule has 2 unspecified atom stereocenters. The van der Waals surface area contributed by atoms with Crippen molar-refractivity contribution in [1.82, 2.24) is 30.5 Å². The first kappa shape index (κ1) is 35.6. The van der Waals surface area contributed by atoms with Gasteiger partial charge in [-0.05, 0) is 74.9 Å². The lowest BCUT2D eigenvalue weighted by Gasteiger charge is -2.39. The van der Waals surface area contributed by atoms with Crippen molar-refractivity contribution in [3.8, 4) is 17.3 Å². The number of aromatic amines is 1. The normalized spacial score (nSPS) is 22.9. The molecule has 0 bridgehead atoms. The fourth-order valence-corrected chi connectivity index (χ4v) is 7.84. The molecular weight excluding hydrogens is 646 g/mol. The van der Waals surface area contributed by atoms with E-state index in [1.807, 2.05) is 44.2 Å². The smallest absolute Gasteiger partial charge is 0.407 e. The number of aryl methyl sites for hydroxylation is 1. The number of alkyl carbamates (subject to hydrolysis) is 1. The van der Waals surface area contributed by atoms with Gasteiger partial charge >= 0.3 is 6.09 Å². The third-order valence-electron chi connectivity index (χ3n) is 10.0. The van der Waals surface area contributed by atoms with Gasteiger partial charge in [0.2, 0.25) is 5.85 Å². The number of pyridine rings is 1. The van der Waals surface area contributed by atoms with Crippen LogP contribution >= 0.6 is 0 Å². The monoisotopic (exact) mass is 692 g/mol. The number of piperidine rings is 1. The molecule has 2 atom stereocenters. The molecule has 0 aliphatic carbocycles. The van der Waals surface area contributed by atoms with Crippen LogP contribution in [-0.2, 0) is 11.2 Å². The Morgan fingerprint density at radius 1 is 1.12 bits per heavy atom. The van der Waals surface area contributed by atoms with Crippen LogP contribution < -0.4 is 20.9 Å². The number of carbonyl (C=O) groups is 1. The molecule has 0 radical (unpaired) electrons. The number of aromatic nitrogens is 3. The molecule has 1 amide bonds. The Kier molecular flexibility index (Phi) is 10.4. The van der Waals surface area contributed by atoms with Crippen LogP contribution in [0.5, 0.6) is 6.01 Å². The molecule has 7 rings (SSSR count). The summed E-state index contributed by atoms with van der Waals surface area (Å²) in [4.78, 5) is 39.4. The summed E-state index contributed by atoms with van der Waals surface area (Å²) >= 11 is 0. The van der Waals surface area contributed by atoms with Gasteiger partial charge in [0, 0.05) is 24.7 Å². The predicted molar refractivity (Wildman–Crippen MR) is 187 cm³/mol. The van der Waals surface area contributed by atoms with E-state index in [2.05, 4.69) is 30.5 Å². The molecule has 4 aromatic rings. The molecule has 4 N–H and O–H groups in total. The van der Waals surface area contributed by atoms with Gasteiger partial charge in [-0.15, -0.1) is 0 Å². The van der Waals surface area contributed by atoms with Gasteiger partial charge in [-0.3, -0.25) is 19.7 Å². The third-order valence-corrected chi connectivity index (χ3v) is 10.0. The zero-order valence-electron chi connectivity index (χ0n) is 28.9. The minimum atomic E-state index is -2.42. The molecule has 268 valence electrons. The summed E-state index contributed by atoms with van der Waals surface area (Å²) in [6, 6.07) is 11.3. The first-order valence-corrected chi connectivity index (χ1v) is 17.6. The summed E-state index contributed by atoms with van der Waals surface area (Å²) < 4.78 is 41.9. The number of halogens is 2. The zero-order chi connectivity index (χ0) is 35.5. The molecule has 5 heterocycles. The Morgan fingerprint density at radius 2 is 1.86 bits per heavy atom. The van der Waals surface area contributed by atoms with E-state index in [-0.39, 0.29) is 47.7 Å². The number of nitrogens with zero attached hydrogens (tertiary/aromatic N) is 3. The Bertz CT molecular complexity index is 1900. The molecule has 3 fully saturated rings. The Balaban J connectivity index is 0.00000212. The van der Waals surface area contributed by atoms with Gasteiger partial charge in [0.1, 0.15) is 17.8 Å². The lowest BCUT2D eigenvalue weighted by atomic mass is 9.89. The molecule has 13 heteroatoms. The predicted octanol–water partition coefficient (Wildman–Crippen LogP) is 5.38. The number of benzene rings is 2. The van der Waals surface area contributed by atoms with E-state index >= 15 is 4.39 Å². The second-order valence-electron chi connectivity index (χ2n) is 13.7. The summed E-state index contributed by atoms with van der Waals surface area (Å²) in [6.07, 6.45) is 5.63. The van der Waals surface area contributed by atoms with E-state index < -0.39 is 28.9 Å². The van der Waals surface area contributed by atoms with Gasteiger partial charge in [0.25, 0.3) is 11.6 Å². The van der Waals surface area contributed by atoms with Crippen molar-refractivity contribution in [2.24, 2.45) is 0 Å². The number of aliphatic hydroxyl groups is 1. The van der Waals surface area contributed by atoms with Crippen molar-refractivity contribution >= 4 is 27.8 Å². The van der Waals surface area contributed by atoms with Crippen molar-refractivity contribution in [3.05, 3.63) is 64.3 Å². The first-order chi connectivity index (χ1) is 24.0. The van der Waals surface area contributed by atoms with Gasteiger partial charge in [0.05, 0.1) is 29.6 Å². The highest BCUT2D eigenvalue weighted by Gasteiger charge is 2.45. The second-order valence-corrected chi connectivity index (χ2v) is 13.7. The van der Waals surface area contributed by atoms with Crippen molar-refractivity contribution in [1.29, 1.82) is 0 Å². The molecule has 3 saturated heterocycles. The fourth-order valence-electron chi connectivity index (χ4n) is 7.84. The third kappa shape index (κ3) is 7.31. The lowest BCUT2D eigenvalue weighted by molar-refractivity contribution is -0.121. The van der Waals surface area contributed by atoms with Crippen LogP contribution in [0.15, 0.2) is 47.4 Å². The highest BCUT2D eigenvalue weighted by molar-refractivity contribution is 5.99. The van der Waals surface area contributed by atoms with Crippen LogP contribution in [-0.4, -0.2) is 87.4 Å². The largest absolute Gasteiger partial charge is 0.463 e. The average Bonchev–Trinajstić information content (AvgIpc) is 3.67. The second kappa shape index (κ2) is 14.6. The Labute approximate surface area is 289 Å². The van der Waals surface area contributed by atoms with Gasteiger partial charge in [-0.2, -0.15) is 4.98 Å². The Hall–Kier alpha value is -4.20. The van der Waals surface area contributed by atoms with Crippen LogP contribution in [0.25, 0.3) is 32.9 Å². The number of hydrogen-bond acceptors (Lipinski definition) is 9. The van der Waals surface area contributed by atoms with Crippen molar-refractivity contribution < 1.29 is 28.2 Å². The number of hydrogen-bond donors (Lipinski definition) is 4. The number of amides is 1. The van der Waals surface area contributed by atoms with Crippen molar-refractivity contribution in [3.63, 3.8) is 0 Å². The zero-order valence-corrected chi connectivity index (χ0v) is 28.9. The number of rotatable bonds is 9. The molecule has 0 spiro atoms. The van der Waals surface area contributed by atoms with Crippen LogP contribution in [0.1, 0.15) is 64.9 Å². The van der Waals surface area contributed by atoms with Gasteiger partial charge in [-0.25, -0.2) is 13.6 Å². The quantitative estimate of drug-likeness (QED) is 0.170. The highest BCUT2D eigenvalue weighted by atomic mass is 19.2. The molecule has 2 aromatic carbocycles. The number of fused-ring (bicyclic) bond motifs is 3. The van der Waals surface area contributed by atoms with E-state index in [1.165, 1.54) is 6.20 Å². The number of ether oxygens (including phenoxy) is 2. The SMILES string of the molecule is CC.CC1(NC(=O)OCCCc2cccc3cccc(-c4ncc5c(=O)[nH]c(OCC67CCCN6CCC7)nc5c4F)c23)CNCC(O)(F)C1. The van der Waals surface area contributed by atoms with Crippen LogP contribution in [0, 0.1) is 5.82 Å². The lowest BCUT2D eigenvalue weighted by Crippen LogP contribution is -2.62. The van der Waals surface area contributed by atoms with Gasteiger partial charge in [0.15, 0.2) is 5.82 Å². The van der Waals surface area contributed by atoms with E-state index in [9.17, 15) is 19.1 Å². The minimum Gasteiger partial charge on any atom is -0.463 e. The number of carbonyl (C=O) groups excluding carboxylic acids is 1. The number of alkyl halides is 1. The van der Waals surface area contributed by atoms with Gasteiger partial charge in [-0.1, -0.05) is 50.2 Å². The van der Waals surface area contributed by atoms with E-state index in [1.54, 1.807) is 13.0 Å². The summed E-state index contributed by atoms with van der Waals surface area (Å²) in [5, 5.41) is 16.9. The average molecular weight is 693 g/mol. The summed E-state index contributed by atoms with van der Waals surface area (Å²) in [7, 11) is 0. The number of β-amino-alcohol motifs (C(OH)–C–C–N with tert-alkyl or cyclic N) is 1. The molecule has 3 aliphatic heterocycles. The van der Waals surface area contributed by atoms with E-state index in [0.717, 1.165) is 55.1 Å². The molecule has 11 nitrogen and oxygen atoms in total. The van der Waals surface area contributed by atoms with Crippen LogP contribution in [0.2, 0.25) is 0 Å². The summed E-state index contributed by atoms with van der Waals surface area (Å²) in [5.41, 5.74) is -0.159. The maximum Gasteiger partial charge on any atom is 0.407 e. The van der Waals surface area contributed by atoms with E-state index in [0.29, 0.717) is 31.6 Å². The molecular formula is C37H46F2N6O5. The molecule has 0 saturated carbocycles. The van der Waals surface area contributed by atoms with E-state index in [4.69, 9.17) is 9.47 Å². The fraction of sp³-hybridized carbons (Fsp3) is 0.514. The maximum absolute atomic E-state index is 16.3. The van der Waals surface area contributed by atoms with Crippen LogP contribution in [0.3, 0.4) is 0 Å². The Morgan fingerprint density at radius 3 is 2.60 bits per heavy atom. The maximum atomic E-state index is 16.3. The summed E-state index contributed by atoms with van der Waals surface area (Å²) in [5.74, 6) is -3.13. The summed E-state index contributed by atoms with van der Waals surface area (Å²) in [6.45, 7) is 8.28. The standard InChI is InChI=1S/C35H40F2N6O5.C2H6/c1-33(18-35(37,46)20-38-19-33)42-32(45)47-16-4-10-23-8-2-7-22-9-3-11-24(26(22)23)28-27(36)29-25(17-39-28)30(44)41-31(40-29)48-21-34-12-5-14-43(34)15-6-13-34;1-2/h2-3,7-9,11,17,38,46H,4-6,10,12-16,18-21H2,1H3,(H,42,45)(H,40,41,44);1-2H3.